The zero-order valence-corrected chi connectivity index (χ0v) is 13.0. The Balaban J connectivity index is 2.72. The van der Waals surface area contributed by atoms with Crippen LogP contribution in [0.25, 0.3) is 0 Å². The number of rotatable bonds is 7. The Kier molecular flexibility index (Phi) is 6.80. The molecular formula is C16H27NS. The second-order valence-corrected chi connectivity index (χ2v) is 6.71. The molecule has 0 aliphatic carbocycles. The van der Waals surface area contributed by atoms with Crippen LogP contribution < -0.4 is 5.73 Å². The Bertz CT molecular complexity index is 349. The van der Waals surface area contributed by atoms with E-state index in [0.29, 0.717) is 5.25 Å². The van der Waals surface area contributed by atoms with Gasteiger partial charge in [0.25, 0.3) is 0 Å². The number of thioether (sulfide) groups is 1. The maximum absolute atomic E-state index is 6.30. The number of hydrogen-bond donors (Lipinski definition) is 1. The lowest BCUT2D eigenvalue weighted by atomic mass is 10.0. The van der Waals surface area contributed by atoms with Gasteiger partial charge in [-0.25, -0.2) is 0 Å². The van der Waals surface area contributed by atoms with E-state index < -0.39 is 0 Å². The minimum absolute atomic E-state index is 0.254. The second-order valence-electron chi connectivity index (χ2n) is 5.46. The van der Waals surface area contributed by atoms with E-state index in [1.54, 1.807) is 0 Å². The monoisotopic (exact) mass is 265 g/mol. The lowest BCUT2D eigenvalue weighted by molar-refractivity contribution is 0.618. The van der Waals surface area contributed by atoms with Gasteiger partial charge in [-0.3, -0.25) is 0 Å². The maximum atomic E-state index is 6.30. The van der Waals surface area contributed by atoms with Gasteiger partial charge in [0.05, 0.1) is 0 Å². The fourth-order valence-electron chi connectivity index (χ4n) is 1.96. The van der Waals surface area contributed by atoms with Crippen LogP contribution in [0.5, 0.6) is 0 Å². The van der Waals surface area contributed by atoms with E-state index in [-0.39, 0.29) is 6.04 Å². The van der Waals surface area contributed by atoms with Crippen molar-refractivity contribution in [1.29, 1.82) is 0 Å². The molecule has 2 unspecified atom stereocenters. The summed E-state index contributed by atoms with van der Waals surface area (Å²) in [6.45, 7) is 8.89. The molecule has 0 fully saturated rings. The summed E-state index contributed by atoms with van der Waals surface area (Å²) in [6.07, 6.45) is 2.30. The molecule has 0 aliphatic rings. The third-order valence-corrected chi connectivity index (χ3v) is 4.68. The average Bonchev–Trinajstić information content (AvgIpc) is 2.33. The number of hydrogen-bond acceptors (Lipinski definition) is 2. The molecule has 0 radical (unpaired) electrons. The van der Waals surface area contributed by atoms with Crippen LogP contribution in [0.4, 0.5) is 0 Å². The van der Waals surface area contributed by atoms with Gasteiger partial charge in [-0.1, -0.05) is 50.6 Å². The second kappa shape index (κ2) is 7.85. The summed E-state index contributed by atoms with van der Waals surface area (Å²) in [5, 5.41) is 0.439. The summed E-state index contributed by atoms with van der Waals surface area (Å²) in [7, 11) is 0. The molecule has 1 aromatic rings. The van der Waals surface area contributed by atoms with Crippen LogP contribution in [0, 0.1) is 12.8 Å². The molecule has 18 heavy (non-hydrogen) atoms. The lowest BCUT2D eigenvalue weighted by Crippen LogP contribution is -2.26. The van der Waals surface area contributed by atoms with Crippen LogP contribution in [-0.4, -0.2) is 11.8 Å². The molecule has 0 saturated carbocycles. The van der Waals surface area contributed by atoms with Gasteiger partial charge in [0.15, 0.2) is 0 Å². The van der Waals surface area contributed by atoms with E-state index in [1.807, 2.05) is 11.8 Å². The molecule has 1 rings (SSSR count). The molecule has 1 aromatic carbocycles. The van der Waals surface area contributed by atoms with E-state index in [4.69, 9.17) is 5.73 Å². The zero-order valence-electron chi connectivity index (χ0n) is 12.1. The Morgan fingerprint density at radius 2 is 2.00 bits per heavy atom. The molecule has 2 heteroatoms. The highest BCUT2D eigenvalue weighted by atomic mass is 32.2. The SMILES string of the molecule is CCC(N)C(SCCC(C)C)c1cccc(C)c1. The Hall–Kier alpha value is -0.470. The van der Waals surface area contributed by atoms with Gasteiger partial charge < -0.3 is 5.73 Å². The van der Waals surface area contributed by atoms with Crippen LogP contribution in [0.1, 0.15) is 50.0 Å². The first-order valence-corrected chi connectivity index (χ1v) is 8.03. The molecule has 2 atom stereocenters. The maximum Gasteiger partial charge on any atom is 0.0448 e. The van der Waals surface area contributed by atoms with Crippen molar-refractivity contribution in [3.63, 3.8) is 0 Å². The van der Waals surface area contributed by atoms with Crippen molar-refractivity contribution < 1.29 is 0 Å². The Labute approximate surface area is 117 Å². The van der Waals surface area contributed by atoms with Gasteiger partial charge in [-0.05, 0) is 37.0 Å². The normalized spacial score (nSPS) is 14.8. The predicted octanol–water partition coefficient (Wildman–Crippen LogP) is 4.55. The molecule has 0 bridgehead atoms. The third-order valence-electron chi connectivity index (χ3n) is 3.22. The first-order chi connectivity index (χ1) is 8.54. The summed E-state index contributed by atoms with van der Waals surface area (Å²) < 4.78 is 0. The minimum Gasteiger partial charge on any atom is -0.326 e. The fraction of sp³-hybridized carbons (Fsp3) is 0.625. The predicted molar refractivity (Wildman–Crippen MR) is 84.1 cm³/mol. The summed E-state index contributed by atoms with van der Waals surface area (Å²) in [6, 6.07) is 9.04. The Morgan fingerprint density at radius 1 is 1.28 bits per heavy atom. The molecule has 102 valence electrons. The molecule has 2 N–H and O–H groups in total. The van der Waals surface area contributed by atoms with Crippen LogP contribution >= 0.6 is 11.8 Å². The van der Waals surface area contributed by atoms with E-state index in [2.05, 4.69) is 52.0 Å². The fourth-order valence-corrected chi connectivity index (χ4v) is 3.60. The van der Waals surface area contributed by atoms with Crippen molar-refractivity contribution in [2.24, 2.45) is 11.7 Å². The molecule has 0 aromatic heterocycles. The van der Waals surface area contributed by atoms with Crippen LogP contribution in [0.2, 0.25) is 0 Å². The smallest absolute Gasteiger partial charge is 0.0448 e. The quantitative estimate of drug-likeness (QED) is 0.782. The first-order valence-electron chi connectivity index (χ1n) is 6.98. The highest BCUT2D eigenvalue weighted by Gasteiger charge is 2.19. The van der Waals surface area contributed by atoms with Gasteiger partial charge in [0.1, 0.15) is 0 Å². The van der Waals surface area contributed by atoms with Gasteiger partial charge >= 0.3 is 0 Å². The number of aryl methyl sites for hydroxylation is 1. The van der Waals surface area contributed by atoms with Crippen molar-refractivity contribution in [2.75, 3.05) is 5.75 Å². The summed E-state index contributed by atoms with van der Waals surface area (Å²) >= 11 is 2.02. The van der Waals surface area contributed by atoms with Crippen molar-refractivity contribution >= 4 is 11.8 Å². The van der Waals surface area contributed by atoms with E-state index in [1.165, 1.54) is 23.3 Å². The third kappa shape index (κ3) is 5.03. The largest absolute Gasteiger partial charge is 0.326 e. The van der Waals surface area contributed by atoms with Crippen LogP contribution in [0.15, 0.2) is 24.3 Å². The van der Waals surface area contributed by atoms with Crippen molar-refractivity contribution in [3.05, 3.63) is 35.4 Å². The van der Waals surface area contributed by atoms with E-state index in [0.717, 1.165) is 12.3 Å². The number of nitrogens with two attached hydrogens (primary N) is 1. The molecule has 0 aliphatic heterocycles. The van der Waals surface area contributed by atoms with Gasteiger partial charge in [-0.15, -0.1) is 0 Å². The van der Waals surface area contributed by atoms with Gasteiger partial charge in [0, 0.05) is 11.3 Å². The number of benzene rings is 1. The molecule has 1 nitrogen and oxygen atoms in total. The van der Waals surface area contributed by atoms with Crippen molar-refractivity contribution in [1.82, 2.24) is 0 Å². The zero-order chi connectivity index (χ0) is 13.5. The summed E-state index contributed by atoms with van der Waals surface area (Å²) in [5.74, 6) is 1.97. The molecular weight excluding hydrogens is 238 g/mol. The van der Waals surface area contributed by atoms with Gasteiger partial charge in [0.2, 0.25) is 0 Å². The van der Waals surface area contributed by atoms with Crippen molar-refractivity contribution in [2.45, 2.75) is 51.8 Å². The molecule has 0 heterocycles. The topological polar surface area (TPSA) is 26.0 Å². The van der Waals surface area contributed by atoms with E-state index in [9.17, 15) is 0 Å². The summed E-state index contributed by atoms with van der Waals surface area (Å²) in [5.41, 5.74) is 9.01. The average molecular weight is 265 g/mol. The van der Waals surface area contributed by atoms with Crippen LogP contribution in [-0.2, 0) is 0 Å². The highest BCUT2D eigenvalue weighted by Crippen LogP contribution is 2.33. The van der Waals surface area contributed by atoms with Crippen LogP contribution in [0.3, 0.4) is 0 Å². The minimum atomic E-state index is 0.254. The Morgan fingerprint density at radius 3 is 2.56 bits per heavy atom. The molecule has 0 spiro atoms. The lowest BCUT2D eigenvalue weighted by Gasteiger charge is -2.23. The molecule has 0 amide bonds. The van der Waals surface area contributed by atoms with E-state index >= 15 is 0 Å². The standard InChI is InChI=1S/C16H27NS/c1-5-15(17)16(18-10-9-12(2)3)14-8-6-7-13(4)11-14/h6-8,11-12,15-16H,5,9-10,17H2,1-4H3. The highest BCUT2D eigenvalue weighted by molar-refractivity contribution is 7.99. The van der Waals surface area contributed by atoms with Crippen molar-refractivity contribution in [3.8, 4) is 0 Å². The molecule has 0 saturated heterocycles. The first kappa shape index (κ1) is 15.6. The summed E-state index contributed by atoms with van der Waals surface area (Å²) in [4.78, 5) is 0. The van der Waals surface area contributed by atoms with Gasteiger partial charge in [-0.2, -0.15) is 11.8 Å².